The largest absolute Gasteiger partial charge is 0.478 e. The van der Waals surface area contributed by atoms with Crippen LogP contribution in [-0.2, 0) is 6.42 Å². The molecule has 0 saturated heterocycles. The highest BCUT2D eigenvalue weighted by Gasteiger charge is 2.16. The number of aryl methyl sites for hydroxylation is 1. The summed E-state index contributed by atoms with van der Waals surface area (Å²) in [5.41, 5.74) is 0.948. The van der Waals surface area contributed by atoms with Crippen LogP contribution in [0.5, 0.6) is 0 Å². The Morgan fingerprint density at radius 3 is 2.65 bits per heavy atom. The molecule has 20 heavy (non-hydrogen) atoms. The number of hydrogen-bond donors (Lipinski definition) is 1. The zero-order chi connectivity index (χ0) is 14.7. The quantitative estimate of drug-likeness (QED) is 0.935. The smallest absolute Gasteiger partial charge is 0.339 e. The number of hydrogen-bond acceptors (Lipinski definition) is 4. The molecule has 0 aromatic carbocycles. The molecule has 1 N–H and O–H groups in total. The van der Waals surface area contributed by atoms with Gasteiger partial charge >= 0.3 is 5.97 Å². The molecule has 2 aromatic heterocycles. The summed E-state index contributed by atoms with van der Waals surface area (Å²) in [4.78, 5) is 23.5. The molecule has 104 valence electrons. The molecule has 0 bridgehead atoms. The van der Waals surface area contributed by atoms with Crippen molar-refractivity contribution in [1.29, 1.82) is 0 Å². The van der Waals surface area contributed by atoms with Gasteiger partial charge in [-0.3, -0.25) is 0 Å². The van der Waals surface area contributed by atoms with Gasteiger partial charge in [-0.2, -0.15) is 0 Å². The van der Waals surface area contributed by atoms with Crippen molar-refractivity contribution in [3.63, 3.8) is 0 Å². The van der Waals surface area contributed by atoms with Gasteiger partial charge in [-0.25, -0.2) is 19.7 Å². The first kappa shape index (κ1) is 14.7. The second kappa shape index (κ2) is 6.15. The Hall–Kier alpha value is -1.72. The third kappa shape index (κ3) is 3.05. The molecule has 0 aliphatic rings. The number of aromatic nitrogens is 3. The van der Waals surface area contributed by atoms with Crippen LogP contribution < -0.4 is 0 Å². The van der Waals surface area contributed by atoms with E-state index in [0.29, 0.717) is 33.7 Å². The minimum absolute atomic E-state index is 0.0979. The van der Waals surface area contributed by atoms with Crippen molar-refractivity contribution in [3.8, 4) is 11.5 Å². The maximum atomic E-state index is 11.1. The van der Waals surface area contributed by atoms with Gasteiger partial charge in [0.25, 0.3) is 0 Å². The predicted octanol–water partition coefficient (Wildman–Crippen LogP) is 3.50. The highest BCUT2D eigenvalue weighted by molar-refractivity contribution is 6.35. The lowest BCUT2D eigenvalue weighted by molar-refractivity contribution is 0.0694. The van der Waals surface area contributed by atoms with Crippen molar-refractivity contribution in [2.75, 3.05) is 0 Å². The summed E-state index contributed by atoms with van der Waals surface area (Å²) in [5, 5.41) is 9.84. The van der Waals surface area contributed by atoms with Gasteiger partial charge in [0, 0.05) is 12.4 Å². The Morgan fingerprint density at radius 2 is 2.05 bits per heavy atom. The molecule has 0 aliphatic heterocycles. The molecule has 5 nitrogen and oxygen atoms in total. The van der Waals surface area contributed by atoms with Crippen molar-refractivity contribution >= 4 is 29.2 Å². The topological polar surface area (TPSA) is 76.0 Å². The molecule has 2 heterocycles. The number of nitrogens with zero attached hydrogens (tertiary/aromatic N) is 3. The third-order valence-electron chi connectivity index (χ3n) is 2.60. The van der Waals surface area contributed by atoms with E-state index in [0.717, 1.165) is 6.42 Å². The van der Waals surface area contributed by atoms with Gasteiger partial charge in [0.05, 0.1) is 21.3 Å². The monoisotopic (exact) mass is 311 g/mol. The Kier molecular flexibility index (Phi) is 4.52. The fourth-order valence-corrected chi connectivity index (χ4v) is 2.18. The molecular weight excluding hydrogens is 301 g/mol. The first-order chi connectivity index (χ1) is 9.52. The van der Waals surface area contributed by atoms with Gasteiger partial charge in [-0.05, 0) is 12.5 Å². The number of carboxylic acid groups (broad SMARTS) is 1. The van der Waals surface area contributed by atoms with Crippen LogP contribution in [0.25, 0.3) is 11.5 Å². The lowest BCUT2D eigenvalue weighted by atomic mass is 10.1. The SMILES string of the molecule is CCCc1nc(-c2ncc(Cl)cc2Cl)ncc1C(=O)O. The summed E-state index contributed by atoms with van der Waals surface area (Å²) in [6.45, 7) is 1.95. The van der Waals surface area contributed by atoms with E-state index >= 15 is 0 Å². The lowest BCUT2D eigenvalue weighted by Crippen LogP contribution is -2.08. The molecular formula is C13H11Cl2N3O2. The van der Waals surface area contributed by atoms with Crippen LogP contribution in [0.3, 0.4) is 0 Å². The second-order valence-electron chi connectivity index (χ2n) is 4.09. The maximum absolute atomic E-state index is 11.1. The summed E-state index contributed by atoms with van der Waals surface area (Å²) in [5.74, 6) is -0.754. The van der Waals surface area contributed by atoms with Gasteiger partial charge in [0.2, 0.25) is 0 Å². The van der Waals surface area contributed by atoms with Crippen LogP contribution in [0.4, 0.5) is 0 Å². The molecule has 0 fully saturated rings. The van der Waals surface area contributed by atoms with Crippen LogP contribution in [-0.4, -0.2) is 26.0 Å². The highest BCUT2D eigenvalue weighted by atomic mass is 35.5. The number of carboxylic acids is 1. The second-order valence-corrected chi connectivity index (χ2v) is 4.94. The predicted molar refractivity (Wildman–Crippen MR) is 76.2 cm³/mol. The summed E-state index contributed by atoms with van der Waals surface area (Å²) >= 11 is 11.8. The fourth-order valence-electron chi connectivity index (χ4n) is 1.72. The van der Waals surface area contributed by atoms with Crippen LogP contribution in [0.2, 0.25) is 10.0 Å². The molecule has 0 radical (unpaired) electrons. The van der Waals surface area contributed by atoms with Crippen molar-refractivity contribution in [3.05, 3.63) is 39.8 Å². The Labute approximate surface area is 125 Å². The summed E-state index contributed by atoms with van der Waals surface area (Å²) in [6, 6.07) is 1.54. The lowest BCUT2D eigenvalue weighted by Gasteiger charge is -2.07. The molecule has 0 unspecified atom stereocenters. The minimum Gasteiger partial charge on any atom is -0.478 e. The van der Waals surface area contributed by atoms with Gasteiger partial charge in [0.1, 0.15) is 5.69 Å². The van der Waals surface area contributed by atoms with Crippen LogP contribution in [0.15, 0.2) is 18.5 Å². The zero-order valence-corrected chi connectivity index (χ0v) is 12.1. The van der Waals surface area contributed by atoms with Gasteiger partial charge < -0.3 is 5.11 Å². The number of rotatable bonds is 4. The average Bonchev–Trinajstić information content (AvgIpc) is 2.38. The standard InChI is InChI=1S/C13H11Cl2N3O2/c1-2-3-10-8(13(19)20)6-17-12(18-10)11-9(15)4-7(14)5-16-11/h4-6H,2-3H2,1H3,(H,19,20). The van der Waals surface area contributed by atoms with Crippen LogP contribution in [0.1, 0.15) is 29.4 Å². The van der Waals surface area contributed by atoms with E-state index in [2.05, 4.69) is 15.0 Å². The number of aromatic carboxylic acids is 1. The Balaban J connectivity index is 2.52. The molecule has 7 heteroatoms. The zero-order valence-electron chi connectivity index (χ0n) is 10.6. The third-order valence-corrected chi connectivity index (χ3v) is 3.10. The molecule has 2 rings (SSSR count). The van der Waals surface area contributed by atoms with Crippen molar-refractivity contribution in [1.82, 2.24) is 15.0 Å². The molecule has 0 atom stereocenters. The Morgan fingerprint density at radius 1 is 1.30 bits per heavy atom. The average molecular weight is 312 g/mol. The van der Waals surface area contributed by atoms with Gasteiger partial charge in [-0.15, -0.1) is 0 Å². The van der Waals surface area contributed by atoms with Crippen molar-refractivity contribution in [2.45, 2.75) is 19.8 Å². The molecule has 0 spiro atoms. The van der Waals surface area contributed by atoms with E-state index in [1.165, 1.54) is 12.4 Å². The van der Waals surface area contributed by atoms with Crippen molar-refractivity contribution in [2.24, 2.45) is 0 Å². The molecule has 0 aliphatic carbocycles. The molecule has 0 saturated carbocycles. The van der Waals surface area contributed by atoms with E-state index in [9.17, 15) is 4.79 Å². The highest BCUT2D eigenvalue weighted by Crippen LogP contribution is 2.26. The van der Waals surface area contributed by atoms with Gasteiger partial charge in [0.15, 0.2) is 5.82 Å². The van der Waals surface area contributed by atoms with Gasteiger partial charge in [-0.1, -0.05) is 36.5 Å². The number of halogens is 2. The van der Waals surface area contributed by atoms with Crippen molar-refractivity contribution < 1.29 is 9.90 Å². The fraction of sp³-hybridized carbons (Fsp3) is 0.231. The van der Waals surface area contributed by atoms with E-state index in [1.807, 2.05) is 6.92 Å². The summed E-state index contributed by atoms with van der Waals surface area (Å²) in [6.07, 6.45) is 4.04. The summed E-state index contributed by atoms with van der Waals surface area (Å²) in [7, 11) is 0. The first-order valence-electron chi connectivity index (χ1n) is 5.93. The van der Waals surface area contributed by atoms with E-state index in [4.69, 9.17) is 28.3 Å². The minimum atomic E-state index is -1.05. The molecule has 2 aromatic rings. The maximum Gasteiger partial charge on any atom is 0.339 e. The van der Waals surface area contributed by atoms with E-state index in [-0.39, 0.29) is 5.56 Å². The van der Waals surface area contributed by atoms with E-state index < -0.39 is 5.97 Å². The number of pyridine rings is 1. The normalized spacial score (nSPS) is 10.6. The first-order valence-corrected chi connectivity index (χ1v) is 6.69. The molecule has 0 amide bonds. The summed E-state index contributed by atoms with van der Waals surface area (Å²) < 4.78 is 0. The van der Waals surface area contributed by atoms with Crippen LogP contribution in [0, 0.1) is 0 Å². The Bertz CT molecular complexity index is 662. The van der Waals surface area contributed by atoms with Crippen LogP contribution >= 0.6 is 23.2 Å². The van der Waals surface area contributed by atoms with E-state index in [1.54, 1.807) is 6.07 Å². The number of carbonyl (C=O) groups is 1.